The molecule has 8 N–H and O–H groups in total. The van der Waals surface area contributed by atoms with E-state index < -0.39 is 70.6 Å². The molecule has 4 atom stereocenters. The molecule has 0 bridgehead atoms. The second kappa shape index (κ2) is 40.9. The third-order valence-electron chi connectivity index (χ3n) is 20.8. The molecule has 0 radical (unpaired) electrons. The van der Waals surface area contributed by atoms with Crippen LogP contribution in [-0.2, 0) is 55.5 Å². The Kier molecular flexibility index (Phi) is 32.6. The molecule has 0 aromatic heterocycles. The minimum atomic E-state index is -2.26. The number of nitrogens with two attached hydrogens (primary N) is 1. The second-order valence-electron chi connectivity index (χ2n) is 31.9. The number of anilines is 3. The van der Waals surface area contributed by atoms with Crippen molar-refractivity contribution in [2.75, 3.05) is 82.8 Å². The fourth-order valence-electron chi connectivity index (χ4n) is 12.1. The van der Waals surface area contributed by atoms with Gasteiger partial charge in [-0.1, -0.05) is 129 Å². The average Bonchev–Trinajstić information content (AvgIpc) is 1.54. The molecule has 2 fully saturated rings. The van der Waals surface area contributed by atoms with Gasteiger partial charge in [0.05, 0.1) is 75.2 Å². The third kappa shape index (κ3) is 26.0. The highest BCUT2D eigenvalue weighted by atomic mass is 28.4. The van der Waals surface area contributed by atoms with Crippen LogP contribution in [0.4, 0.5) is 31.4 Å². The summed E-state index contributed by atoms with van der Waals surface area (Å²) >= 11 is 0. The molecule has 4 aromatic carbocycles. The van der Waals surface area contributed by atoms with Gasteiger partial charge < -0.3 is 74.1 Å². The zero-order valence-corrected chi connectivity index (χ0v) is 69.6. The van der Waals surface area contributed by atoms with Crippen molar-refractivity contribution < 1.29 is 85.2 Å². The van der Waals surface area contributed by atoms with E-state index in [1.807, 2.05) is 30.3 Å². The van der Waals surface area contributed by atoms with Gasteiger partial charge in [0.15, 0.2) is 39.6 Å². The molecule has 0 saturated carbocycles. The summed E-state index contributed by atoms with van der Waals surface area (Å²) in [5, 5.41) is 16.3. The normalized spacial score (nSPS) is 15.7. The predicted octanol–water partition coefficient (Wildman–Crippen LogP) is 12.9. The first-order valence-electron chi connectivity index (χ1n) is 38.3. The van der Waals surface area contributed by atoms with Crippen LogP contribution in [0.3, 0.4) is 0 Å². The van der Waals surface area contributed by atoms with E-state index in [-0.39, 0.29) is 163 Å². The highest BCUT2D eigenvalue weighted by molar-refractivity contribution is 6.74. The Morgan fingerprint density at radius 2 is 1.05 bits per heavy atom. The number of amides is 11. The van der Waals surface area contributed by atoms with Gasteiger partial charge >= 0.3 is 18.2 Å². The van der Waals surface area contributed by atoms with Gasteiger partial charge in [-0.25, -0.2) is 14.4 Å². The molecular formula is C82H116N10O18Si2. The zero-order chi connectivity index (χ0) is 82.3. The van der Waals surface area contributed by atoms with Gasteiger partial charge in [-0.15, -0.1) is 0 Å². The molecule has 3 heterocycles. The number of unbranched alkanes of at least 4 members (excludes halogenated alkanes) is 4. The average molecular weight is 1590 g/mol. The molecule has 30 heteroatoms. The van der Waals surface area contributed by atoms with Crippen molar-refractivity contribution in [2.24, 2.45) is 11.7 Å². The Morgan fingerprint density at radius 3 is 1.51 bits per heavy atom. The van der Waals surface area contributed by atoms with Crippen LogP contribution < -0.4 is 56.6 Å². The van der Waals surface area contributed by atoms with Gasteiger partial charge in [-0.05, 0) is 135 Å². The minimum Gasteiger partial charge on any atom is -0.493 e. The Bertz CT molecular complexity index is 4030. The smallest absolute Gasteiger partial charge is 0.411 e. The fraction of sp³-hybridized carbons (Fsp3) is 0.512. The molecule has 3 aliphatic heterocycles. The van der Waals surface area contributed by atoms with Crippen molar-refractivity contribution in [1.82, 2.24) is 30.7 Å². The first kappa shape index (κ1) is 89.2. The van der Waals surface area contributed by atoms with Crippen LogP contribution in [0.5, 0.6) is 23.0 Å². The van der Waals surface area contributed by atoms with Gasteiger partial charge in [0, 0.05) is 62.6 Å². The summed E-state index contributed by atoms with van der Waals surface area (Å²) in [6, 6.07) is 18.3. The van der Waals surface area contributed by atoms with Crippen molar-refractivity contribution in [2.45, 2.75) is 200 Å². The number of imide groups is 1. The van der Waals surface area contributed by atoms with Crippen molar-refractivity contribution in [1.29, 1.82) is 0 Å². The molecular weight excluding hydrogens is 1470 g/mol. The zero-order valence-electron chi connectivity index (χ0n) is 67.6. The molecule has 28 nitrogen and oxygen atoms in total. The Labute approximate surface area is 660 Å². The number of ether oxygens (including phenoxy) is 6. The molecule has 0 spiro atoms. The lowest BCUT2D eigenvalue weighted by molar-refractivity contribution is -0.137. The Hall–Kier alpha value is -10.0. The molecule has 3 aliphatic rings. The summed E-state index contributed by atoms with van der Waals surface area (Å²) in [7, 11) is -1.52. The maximum absolute atomic E-state index is 15.0. The number of methoxy groups -OCH3 is 2. The second-order valence-corrected chi connectivity index (χ2v) is 41.5. The van der Waals surface area contributed by atoms with Crippen molar-refractivity contribution in [3.8, 4) is 23.0 Å². The molecule has 0 aliphatic carbocycles. The van der Waals surface area contributed by atoms with E-state index in [0.717, 1.165) is 21.6 Å². The fourth-order valence-corrected chi connectivity index (χ4v) is 14.2. The minimum absolute atomic E-state index is 0.00780. The summed E-state index contributed by atoms with van der Waals surface area (Å²) in [6.07, 6.45) is 5.38. The van der Waals surface area contributed by atoms with Crippen LogP contribution >= 0.6 is 0 Å². The van der Waals surface area contributed by atoms with E-state index in [4.69, 9.17) is 43.0 Å². The van der Waals surface area contributed by atoms with E-state index in [1.165, 1.54) is 38.5 Å². The first-order chi connectivity index (χ1) is 52.9. The molecule has 7 rings (SSSR count). The SMILES string of the molecule is C=C1C[C@@H](CO[Si](C)(C)C(C)(C)C)N(C(=O)c2cc(OC)c(OCCCCCOc3cc(NC(=O)OCc4ccc(NC(=O)[C@H](CCCNC(N)=O)NC(=O)[C@@H](NC(=O)CCCCCN5C(=O)C=CC5=O)C(C)C)cc4)c(C(=O)N4CC(=C)C[C@H]4CO[Si](C)(C)C(C)(C)C)cc3OC)cc2NC(=O)OCc2ccccc2)C1. The number of likely N-dealkylation sites (tertiary alicyclic amines) is 2. The number of nitrogens with zero attached hydrogens (tertiary/aromatic N) is 3. The summed E-state index contributed by atoms with van der Waals surface area (Å²) in [6.45, 7) is 35.2. The number of benzene rings is 4. The van der Waals surface area contributed by atoms with E-state index >= 15 is 0 Å². The van der Waals surface area contributed by atoms with Crippen LogP contribution in [0.1, 0.15) is 158 Å². The van der Waals surface area contributed by atoms with Gasteiger partial charge in [0.25, 0.3) is 23.6 Å². The number of nitrogens with one attached hydrogen (secondary N) is 6. The monoisotopic (exact) mass is 1580 g/mol. The molecule has 0 unspecified atom stereocenters. The number of hydrogen-bond acceptors (Lipinski definition) is 18. The number of hydrogen-bond donors (Lipinski definition) is 7. The van der Waals surface area contributed by atoms with Gasteiger partial charge in [0.2, 0.25) is 17.7 Å². The van der Waals surface area contributed by atoms with Crippen LogP contribution in [0, 0.1) is 5.92 Å². The summed E-state index contributed by atoms with van der Waals surface area (Å²) in [5.74, 6) is -2.50. The van der Waals surface area contributed by atoms with Crippen molar-refractivity contribution >= 4 is 93.3 Å². The van der Waals surface area contributed by atoms with Crippen LogP contribution in [-0.4, -0.2) is 182 Å². The quantitative estimate of drug-likeness (QED) is 0.00941. The van der Waals surface area contributed by atoms with E-state index in [9.17, 15) is 47.9 Å². The van der Waals surface area contributed by atoms with E-state index in [0.29, 0.717) is 75.8 Å². The Morgan fingerprint density at radius 1 is 0.580 bits per heavy atom. The molecule has 610 valence electrons. The lowest BCUT2D eigenvalue weighted by Crippen LogP contribution is -2.54. The number of primary amides is 1. The number of rotatable bonds is 40. The van der Waals surface area contributed by atoms with Crippen LogP contribution in [0.15, 0.2) is 115 Å². The largest absolute Gasteiger partial charge is 0.493 e. The topological polar surface area (TPSA) is 352 Å². The first-order valence-corrected chi connectivity index (χ1v) is 44.1. The van der Waals surface area contributed by atoms with E-state index in [1.54, 1.807) is 60.0 Å². The Balaban J connectivity index is 1.01. The summed E-state index contributed by atoms with van der Waals surface area (Å²) in [5.41, 5.74) is 9.13. The lowest BCUT2D eigenvalue weighted by Gasteiger charge is -2.38. The standard InChI is InChI=1S/C82H116N10O18Si2/c1-53(2)73(89-70(93)30-22-18-23-38-90-71(94)35-36-72(90)95)75(97)86-63(29-26-37-84-78(83)100)74(96)85-58-33-31-57(32-34-58)50-108-80(102)88-65-46-69(67(104-12)44-62(65)77(99)92-48-55(4)42-60(92)52-110-112(15,16)82(8,9)10)106-40-25-19-24-39-105-68-45-64(87-79(101)107-49-56-27-20-17-21-28-56)61(43-66(68)103-11)76(98)91-47-54(3)41-59(91)51-109-111(13,14)81(5,6)7/h17,20-21,27-28,31-36,43-46,53,59-60,63,73H,3-4,18-19,22-26,29-30,37-42,47-52H2,1-2,5-16H3,(H,85,96)(H,86,97)(H,87,101)(H,88,102)(H,89,93)(H3,83,84,100)/t59-,60-,63-,73-/m0/s1. The number of urea groups is 1. The third-order valence-corrected chi connectivity index (χ3v) is 29.8. The van der Waals surface area contributed by atoms with Crippen molar-refractivity contribution in [3.05, 3.63) is 138 Å². The maximum Gasteiger partial charge on any atom is 0.411 e. The van der Waals surface area contributed by atoms with E-state index in [2.05, 4.69) is 113 Å². The maximum atomic E-state index is 15.0. The van der Waals surface area contributed by atoms with Gasteiger partial charge in [0.1, 0.15) is 25.3 Å². The number of carbonyl (C=O) groups is 10. The predicted molar refractivity (Wildman–Crippen MR) is 433 cm³/mol. The highest BCUT2D eigenvalue weighted by Gasteiger charge is 2.43. The van der Waals surface area contributed by atoms with Crippen LogP contribution in [0.25, 0.3) is 0 Å². The van der Waals surface area contributed by atoms with Gasteiger partial charge in [-0.2, -0.15) is 0 Å². The summed E-state index contributed by atoms with van der Waals surface area (Å²) < 4.78 is 49.0. The molecule has 112 heavy (non-hydrogen) atoms. The summed E-state index contributed by atoms with van der Waals surface area (Å²) in [4.78, 5) is 138. The van der Waals surface area contributed by atoms with Gasteiger partial charge in [-0.3, -0.25) is 49.1 Å². The van der Waals surface area contributed by atoms with Crippen molar-refractivity contribution in [3.63, 3.8) is 0 Å². The van der Waals surface area contributed by atoms with Crippen LogP contribution in [0.2, 0.25) is 36.3 Å². The highest BCUT2D eigenvalue weighted by Crippen LogP contribution is 2.42. The molecule has 4 aromatic rings. The molecule has 2 saturated heterocycles. The lowest BCUT2D eigenvalue weighted by atomic mass is 10.0. The number of carbonyl (C=O) groups excluding carboxylic acids is 10. The molecule has 11 amide bonds.